The van der Waals surface area contributed by atoms with Crippen molar-refractivity contribution >= 4 is 27.3 Å². The first-order chi connectivity index (χ1) is 2.00. The summed E-state index contributed by atoms with van der Waals surface area (Å²) in [5.74, 6) is 0. The van der Waals surface area contributed by atoms with Gasteiger partial charge in [-0.2, -0.15) is 14.0 Å². The molecule has 0 aromatic rings. The van der Waals surface area contributed by atoms with Gasteiger partial charge in [-0.3, -0.25) is 0 Å². The summed E-state index contributed by atoms with van der Waals surface area (Å²) in [6.45, 7) is 0. The predicted molar refractivity (Wildman–Crippen MR) is 7.97 cm³/mol. The summed E-state index contributed by atoms with van der Waals surface area (Å²) in [5.41, 5.74) is 0. The number of halogens is 1. The Bertz CT molecular complexity index is 23.0. The zero-order valence-corrected chi connectivity index (χ0v) is 7.19. The van der Waals surface area contributed by atoms with E-state index in [9.17, 15) is 0 Å². The topological polar surface area (TPSA) is 89.4 Å². The minimum absolute atomic E-state index is 0. The van der Waals surface area contributed by atoms with Crippen LogP contribution in [0.25, 0.3) is 0 Å². The van der Waals surface area contributed by atoms with Gasteiger partial charge in [0.1, 0.15) is 0 Å². The molecule has 0 unspecified atom stereocenters. The molecule has 0 spiro atoms. The summed E-state index contributed by atoms with van der Waals surface area (Å²) in [4.78, 5) is 0. The molecular formula is HClO4Pb. The van der Waals surface area contributed by atoms with Crippen LogP contribution in [0.4, 0.5) is 0 Å². The quantitative estimate of drug-likeness (QED) is 0.457. The maximum absolute atomic E-state index is 8.60. The molecule has 0 saturated carbocycles. The van der Waals surface area contributed by atoms with Crippen molar-refractivity contribution in [3.05, 3.63) is 0 Å². The van der Waals surface area contributed by atoms with E-state index in [0.717, 1.165) is 0 Å². The zero-order chi connectivity index (χ0) is 4.50. The SMILES string of the molecule is [O-][Cl+3]([O-])([O-])O.[Pb]. The van der Waals surface area contributed by atoms with Crippen LogP contribution >= 0.6 is 0 Å². The van der Waals surface area contributed by atoms with E-state index in [1.165, 1.54) is 0 Å². The van der Waals surface area contributed by atoms with Gasteiger partial charge in [-0.05, 0) is 0 Å². The minimum Gasteiger partial charge on any atom is -0.183 e. The maximum atomic E-state index is 8.60. The van der Waals surface area contributed by atoms with Gasteiger partial charge in [0.25, 0.3) is 0 Å². The van der Waals surface area contributed by atoms with E-state index in [4.69, 9.17) is 18.6 Å². The second kappa shape index (κ2) is 3.11. The van der Waals surface area contributed by atoms with Gasteiger partial charge >= 0.3 is 0 Å². The van der Waals surface area contributed by atoms with Gasteiger partial charge in [0.15, 0.2) is 0 Å². The van der Waals surface area contributed by atoms with Crippen LogP contribution < -0.4 is 14.0 Å². The van der Waals surface area contributed by atoms with E-state index in [1.807, 2.05) is 0 Å². The van der Waals surface area contributed by atoms with Crippen molar-refractivity contribution in [1.29, 1.82) is 0 Å². The molecule has 4 nitrogen and oxygen atoms in total. The van der Waals surface area contributed by atoms with Crippen LogP contribution in [0, 0.1) is 10.2 Å². The van der Waals surface area contributed by atoms with Crippen LogP contribution in [0.2, 0.25) is 0 Å². The van der Waals surface area contributed by atoms with Gasteiger partial charge in [-0.25, -0.2) is 0 Å². The van der Waals surface area contributed by atoms with Gasteiger partial charge in [-0.15, -0.1) is 0 Å². The molecule has 0 rings (SSSR count). The first kappa shape index (κ1) is 10.1. The molecular weight excluding hydrogens is 307 g/mol. The Balaban J connectivity index is 0. The van der Waals surface area contributed by atoms with Crippen molar-refractivity contribution in [2.24, 2.45) is 0 Å². The summed E-state index contributed by atoms with van der Waals surface area (Å²) in [6, 6.07) is 0. The third-order valence-corrected chi connectivity index (χ3v) is 0. The summed E-state index contributed by atoms with van der Waals surface area (Å²) in [7, 11) is -4.69. The van der Waals surface area contributed by atoms with Crippen LogP contribution in [0.1, 0.15) is 0 Å². The first-order valence-electron chi connectivity index (χ1n) is 0.632. The molecule has 0 aliphatic heterocycles. The molecule has 0 aromatic heterocycles. The van der Waals surface area contributed by atoms with Crippen molar-refractivity contribution in [1.82, 2.24) is 0 Å². The first-order valence-corrected chi connectivity index (χ1v) is 1.90. The van der Waals surface area contributed by atoms with Crippen LogP contribution in [-0.2, 0) is 0 Å². The fourth-order valence-corrected chi connectivity index (χ4v) is 0. The molecule has 1 N–H and O–H groups in total. The van der Waals surface area contributed by atoms with E-state index < -0.39 is 10.2 Å². The van der Waals surface area contributed by atoms with Crippen molar-refractivity contribution in [2.75, 3.05) is 0 Å². The van der Waals surface area contributed by atoms with Crippen LogP contribution in [-0.4, -0.2) is 32.0 Å². The van der Waals surface area contributed by atoms with Crippen LogP contribution in [0.15, 0.2) is 0 Å². The Labute approximate surface area is 56.3 Å². The molecule has 0 aliphatic carbocycles. The molecule has 0 bridgehead atoms. The Kier molecular flexibility index (Phi) is 5.24. The molecule has 6 heteroatoms. The third-order valence-electron chi connectivity index (χ3n) is 0. The number of rotatable bonds is 0. The fourth-order valence-electron chi connectivity index (χ4n) is 0. The second-order valence-corrected chi connectivity index (χ2v) is 1.19. The average molecular weight is 308 g/mol. The van der Waals surface area contributed by atoms with E-state index in [1.54, 1.807) is 0 Å². The average Bonchev–Trinajstić information content (AvgIpc) is 0.722. The number of hydrogen-bond donors (Lipinski definition) is 1. The monoisotopic (exact) mass is 308 g/mol. The van der Waals surface area contributed by atoms with E-state index in [0.29, 0.717) is 0 Å². The second-order valence-electron chi connectivity index (χ2n) is 0.396. The molecule has 0 amide bonds. The standard InChI is InChI=1S/ClHO4.Pb/c2-1(3,4)5;/h(H,2,3,4,5);. The van der Waals surface area contributed by atoms with Gasteiger partial charge < -0.3 is 0 Å². The van der Waals surface area contributed by atoms with E-state index in [-0.39, 0.29) is 27.3 Å². The Hall–Kier alpha value is 1.05. The number of hydrogen-bond acceptors (Lipinski definition) is 4. The van der Waals surface area contributed by atoms with Gasteiger partial charge in [0.05, 0.1) is 14.9 Å². The fraction of sp³-hybridized carbons (Fsp3) is 0. The molecule has 0 heterocycles. The normalized spacial score (nSPS) is 10.0. The molecule has 0 saturated heterocycles. The van der Waals surface area contributed by atoms with Crippen LogP contribution in [0.3, 0.4) is 0 Å². The summed E-state index contributed by atoms with van der Waals surface area (Å²) < 4.78 is 32.7. The summed E-state index contributed by atoms with van der Waals surface area (Å²) in [6.07, 6.45) is 0. The van der Waals surface area contributed by atoms with E-state index in [2.05, 4.69) is 0 Å². The van der Waals surface area contributed by atoms with Crippen molar-refractivity contribution in [2.45, 2.75) is 0 Å². The van der Waals surface area contributed by atoms with Gasteiger partial charge in [0.2, 0.25) is 0 Å². The minimum atomic E-state index is -4.69. The summed E-state index contributed by atoms with van der Waals surface area (Å²) in [5, 5.41) is 0. The van der Waals surface area contributed by atoms with Crippen molar-refractivity contribution in [3.8, 4) is 0 Å². The third kappa shape index (κ3) is 74.9. The molecule has 0 fully saturated rings. The largest absolute Gasteiger partial charge is 0.183 e. The molecule has 6 heavy (non-hydrogen) atoms. The molecule has 36 valence electrons. The molecule has 0 aromatic carbocycles. The predicted octanol–water partition coefficient (Wildman–Crippen LogP) is -4.50. The van der Waals surface area contributed by atoms with Gasteiger partial charge in [-0.1, -0.05) is 0 Å². The summed E-state index contributed by atoms with van der Waals surface area (Å²) >= 11 is 0. The van der Waals surface area contributed by atoms with Crippen molar-refractivity contribution < 1.29 is 28.9 Å². The zero-order valence-electron chi connectivity index (χ0n) is 2.55. The smallest absolute Gasteiger partial charge is 0.0777 e. The molecule has 0 aliphatic rings. The van der Waals surface area contributed by atoms with Crippen molar-refractivity contribution in [3.63, 3.8) is 0 Å². The molecule has 0 atom stereocenters. The Morgan fingerprint density at radius 2 is 1.17 bits per heavy atom. The Morgan fingerprint density at radius 3 is 1.17 bits per heavy atom. The Morgan fingerprint density at radius 1 is 1.17 bits per heavy atom. The van der Waals surface area contributed by atoms with Crippen LogP contribution in [0.5, 0.6) is 0 Å². The molecule has 4 radical (unpaired) electrons. The van der Waals surface area contributed by atoms with Gasteiger partial charge in [0, 0.05) is 27.3 Å². The maximum Gasteiger partial charge on any atom is 0.0777 e. The van der Waals surface area contributed by atoms with E-state index >= 15 is 0 Å².